The van der Waals surface area contributed by atoms with Crippen LogP contribution in [0.1, 0.15) is 40.0 Å². The minimum absolute atomic E-state index is 0.0912. The van der Waals surface area contributed by atoms with E-state index in [1.165, 1.54) is 0 Å². The smallest absolute Gasteiger partial charge is 0.230 e. The van der Waals surface area contributed by atoms with Gasteiger partial charge in [-0.3, -0.25) is 14.9 Å². The molecule has 0 aromatic carbocycles. The molecule has 0 radical (unpaired) electrons. The normalized spacial score (nSPS) is 23.5. The second-order valence-corrected chi connectivity index (χ2v) is 4.54. The van der Waals surface area contributed by atoms with Crippen LogP contribution in [0.2, 0.25) is 0 Å². The molecule has 1 saturated heterocycles. The summed E-state index contributed by atoms with van der Waals surface area (Å²) in [5, 5.41) is 2.34. The van der Waals surface area contributed by atoms with Gasteiger partial charge in [0.15, 0.2) is 0 Å². The van der Waals surface area contributed by atoms with Gasteiger partial charge in [0.05, 0.1) is 0 Å². The maximum atomic E-state index is 11.2. The summed E-state index contributed by atoms with van der Waals surface area (Å²) in [5.74, 6) is -0.309. The minimum atomic E-state index is -0.123. The zero-order valence-electron chi connectivity index (χ0n) is 8.52. The molecule has 0 aromatic heterocycles. The molecule has 3 heteroatoms. The summed E-state index contributed by atoms with van der Waals surface area (Å²) < 4.78 is 0. The lowest BCUT2D eigenvalue weighted by Crippen LogP contribution is -2.25. The molecule has 3 nitrogen and oxygen atoms in total. The first-order chi connectivity index (χ1) is 5.94. The Hall–Kier alpha value is -0.860. The van der Waals surface area contributed by atoms with Gasteiger partial charge in [0.2, 0.25) is 11.8 Å². The molecule has 0 bridgehead atoms. The molecule has 0 aromatic rings. The summed E-state index contributed by atoms with van der Waals surface area (Å²) in [6.45, 7) is 6.36. The predicted molar refractivity (Wildman–Crippen MR) is 49.9 cm³/mol. The van der Waals surface area contributed by atoms with Crippen molar-refractivity contribution < 1.29 is 9.59 Å². The first kappa shape index (κ1) is 10.2. The highest BCUT2D eigenvalue weighted by Crippen LogP contribution is 2.31. The fourth-order valence-corrected chi connectivity index (χ4v) is 1.58. The van der Waals surface area contributed by atoms with Crippen molar-refractivity contribution in [2.45, 2.75) is 40.0 Å². The van der Waals surface area contributed by atoms with Crippen molar-refractivity contribution in [1.29, 1.82) is 0 Å². The van der Waals surface area contributed by atoms with E-state index in [2.05, 4.69) is 26.1 Å². The van der Waals surface area contributed by atoms with Gasteiger partial charge in [-0.2, -0.15) is 0 Å². The number of carbonyl (C=O) groups excluding carboxylic acids is 2. The number of rotatable bonds is 3. The van der Waals surface area contributed by atoms with Gasteiger partial charge in [-0.15, -0.1) is 0 Å². The molecule has 0 spiro atoms. The molecule has 2 amide bonds. The summed E-state index contributed by atoms with van der Waals surface area (Å²) in [5.41, 5.74) is 0.159. The highest BCUT2D eigenvalue weighted by Gasteiger charge is 2.34. The van der Waals surface area contributed by atoms with Crippen molar-refractivity contribution >= 4 is 11.8 Å². The van der Waals surface area contributed by atoms with Crippen LogP contribution < -0.4 is 5.32 Å². The van der Waals surface area contributed by atoms with Crippen molar-refractivity contribution in [1.82, 2.24) is 5.32 Å². The van der Waals surface area contributed by atoms with E-state index in [0.29, 0.717) is 6.42 Å². The Morgan fingerprint density at radius 3 is 2.46 bits per heavy atom. The number of imide groups is 1. The van der Waals surface area contributed by atoms with Crippen molar-refractivity contribution in [2.75, 3.05) is 0 Å². The standard InChI is InChI=1S/C10H17NO2/c1-4-10(2,3)6-7-5-8(12)11-9(7)13/h7H,4-6H2,1-3H3,(H,11,12,13). The lowest BCUT2D eigenvalue weighted by atomic mass is 9.80. The molecule has 1 atom stereocenters. The maximum Gasteiger partial charge on any atom is 0.230 e. The average Bonchev–Trinajstić information content (AvgIpc) is 2.30. The molecule has 74 valence electrons. The zero-order chi connectivity index (χ0) is 10.1. The van der Waals surface area contributed by atoms with Crippen molar-refractivity contribution in [3.63, 3.8) is 0 Å². The first-order valence-corrected chi connectivity index (χ1v) is 4.78. The van der Waals surface area contributed by atoms with Gasteiger partial charge in [0.25, 0.3) is 0 Å². The molecule has 1 N–H and O–H groups in total. The van der Waals surface area contributed by atoms with Gasteiger partial charge in [-0.05, 0) is 11.8 Å². The highest BCUT2D eigenvalue weighted by molar-refractivity contribution is 6.03. The third-order valence-corrected chi connectivity index (χ3v) is 2.82. The molecule has 1 fully saturated rings. The van der Waals surface area contributed by atoms with Crippen LogP contribution in [0.4, 0.5) is 0 Å². The quantitative estimate of drug-likeness (QED) is 0.673. The fraction of sp³-hybridized carbons (Fsp3) is 0.800. The van der Waals surface area contributed by atoms with Crippen LogP contribution in [0.15, 0.2) is 0 Å². The van der Waals surface area contributed by atoms with Crippen LogP contribution >= 0.6 is 0 Å². The Morgan fingerprint density at radius 1 is 1.46 bits per heavy atom. The minimum Gasteiger partial charge on any atom is -0.296 e. The molecule has 13 heavy (non-hydrogen) atoms. The third kappa shape index (κ3) is 2.54. The summed E-state index contributed by atoms with van der Waals surface area (Å²) >= 11 is 0. The van der Waals surface area contributed by atoms with E-state index < -0.39 is 0 Å². The van der Waals surface area contributed by atoms with E-state index in [1.807, 2.05) is 0 Å². The monoisotopic (exact) mass is 183 g/mol. The van der Waals surface area contributed by atoms with Gasteiger partial charge < -0.3 is 0 Å². The van der Waals surface area contributed by atoms with E-state index >= 15 is 0 Å². The maximum absolute atomic E-state index is 11.2. The molecule has 1 aliphatic heterocycles. The summed E-state index contributed by atoms with van der Waals surface area (Å²) in [4.78, 5) is 22.2. The third-order valence-electron chi connectivity index (χ3n) is 2.82. The average molecular weight is 183 g/mol. The second-order valence-electron chi connectivity index (χ2n) is 4.54. The molecular formula is C10H17NO2. The Labute approximate surface area is 78.9 Å². The number of carbonyl (C=O) groups is 2. The molecule has 0 saturated carbocycles. The van der Waals surface area contributed by atoms with E-state index in [4.69, 9.17) is 0 Å². The summed E-state index contributed by atoms with van der Waals surface area (Å²) in [6, 6.07) is 0. The molecule has 0 aliphatic carbocycles. The van der Waals surface area contributed by atoms with E-state index in [-0.39, 0.29) is 23.1 Å². The Kier molecular flexibility index (Phi) is 2.74. The number of amides is 2. The van der Waals surface area contributed by atoms with Crippen molar-refractivity contribution in [3.8, 4) is 0 Å². The first-order valence-electron chi connectivity index (χ1n) is 4.78. The second kappa shape index (κ2) is 3.48. The van der Waals surface area contributed by atoms with Gasteiger partial charge in [-0.1, -0.05) is 27.2 Å². The van der Waals surface area contributed by atoms with Crippen LogP contribution in [0.3, 0.4) is 0 Å². The van der Waals surface area contributed by atoms with Crippen LogP contribution in [0.5, 0.6) is 0 Å². The molecule has 1 rings (SSSR count). The molecule has 1 heterocycles. The summed E-state index contributed by atoms with van der Waals surface area (Å²) in [6.07, 6.45) is 2.22. The number of hydrogen-bond donors (Lipinski definition) is 1. The van der Waals surface area contributed by atoms with Crippen LogP contribution in [-0.4, -0.2) is 11.8 Å². The lowest BCUT2D eigenvalue weighted by Gasteiger charge is -2.24. The van der Waals surface area contributed by atoms with E-state index in [9.17, 15) is 9.59 Å². The largest absolute Gasteiger partial charge is 0.296 e. The van der Waals surface area contributed by atoms with E-state index in [0.717, 1.165) is 12.8 Å². The Bertz CT molecular complexity index is 233. The van der Waals surface area contributed by atoms with Crippen molar-refractivity contribution in [3.05, 3.63) is 0 Å². The predicted octanol–water partition coefficient (Wildman–Crippen LogP) is 1.48. The van der Waals surface area contributed by atoms with E-state index in [1.54, 1.807) is 0 Å². The highest BCUT2D eigenvalue weighted by atomic mass is 16.2. The number of nitrogens with one attached hydrogen (secondary N) is 1. The van der Waals surface area contributed by atoms with Crippen LogP contribution in [0.25, 0.3) is 0 Å². The fourth-order valence-electron chi connectivity index (χ4n) is 1.58. The zero-order valence-corrected chi connectivity index (χ0v) is 8.52. The molecule has 1 aliphatic rings. The van der Waals surface area contributed by atoms with Crippen molar-refractivity contribution in [2.24, 2.45) is 11.3 Å². The SMILES string of the molecule is CCC(C)(C)CC1CC(=O)NC1=O. The topological polar surface area (TPSA) is 46.2 Å². The van der Waals surface area contributed by atoms with Gasteiger partial charge >= 0.3 is 0 Å². The van der Waals surface area contributed by atoms with Gasteiger partial charge in [-0.25, -0.2) is 0 Å². The Balaban J connectivity index is 2.55. The number of hydrogen-bond acceptors (Lipinski definition) is 2. The van der Waals surface area contributed by atoms with Crippen LogP contribution in [0, 0.1) is 11.3 Å². The van der Waals surface area contributed by atoms with Crippen LogP contribution in [-0.2, 0) is 9.59 Å². The molecular weight excluding hydrogens is 166 g/mol. The van der Waals surface area contributed by atoms with Gasteiger partial charge in [0, 0.05) is 12.3 Å². The molecule has 1 unspecified atom stereocenters. The Morgan fingerprint density at radius 2 is 2.08 bits per heavy atom. The van der Waals surface area contributed by atoms with Gasteiger partial charge in [0.1, 0.15) is 0 Å². The summed E-state index contributed by atoms with van der Waals surface area (Å²) in [7, 11) is 0. The lowest BCUT2D eigenvalue weighted by molar-refractivity contribution is -0.126.